The Balaban J connectivity index is 1.55. The molecule has 0 unspecified atom stereocenters. The first kappa shape index (κ1) is 17.3. The van der Waals surface area contributed by atoms with Gasteiger partial charge >= 0.3 is 0 Å². The van der Waals surface area contributed by atoms with Gasteiger partial charge in [0, 0.05) is 50.3 Å². The van der Waals surface area contributed by atoms with Crippen LogP contribution >= 0.6 is 0 Å². The molecule has 0 radical (unpaired) electrons. The zero-order valence-corrected chi connectivity index (χ0v) is 16.1. The van der Waals surface area contributed by atoms with Gasteiger partial charge in [-0.25, -0.2) is 4.98 Å². The molecule has 0 aliphatic carbocycles. The number of aryl methyl sites for hydroxylation is 1. The van der Waals surface area contributed by atoms with Gasteiger partial charge < -0.3 is 15.1 Å². The predicted octanol–water partition coefficient (Wildman–Crippen LogP) is 4.16. The molecule has 0 saturated carbocycles. The van der Waals surface area contributed by atoms with Crippen LogP contribution in [0.2, 0.25) is 0 Å². The average Bonchev–Trinajstić information content (AvgIpc) is 2.67. The van der Waals surface area contributed by atoms with Crippen molar-refractivity contribution in [1.82, 2.24) is 9.97 Å². The van der Waals surface area contributed by atoms with Crippen LogP contribution in [-0.4, -0.2) is 30.6 Å². The summed E-state index contributed by atoms with van der Waals surface area (Å²) in [6.45, 7) is 3.89. The van der Waals surface area contributed by atoms with Gasteiger partial charge in [-0.3, -0.25) is 0 Å². The maximum atomic E-state index is 4.78. The SMILES string of the molecule is Cc1cc(N2CCc3ccccc3C2)nc(Nc2ccc(N(C)C)cc2)n1. The third-order valence-corrected chi connectivity index (χ3v) is 4.94. The fourth-order valence-electron chi connectivity index (χ4n) is 3.43. The number of hydrogen-bond acceptors (Lipinski definition) is 5. The molecule has 2 aromatic carbocycles. The molecule has 4 rings (SSSR count). The molecule has 1 aromatic heterocycles. The highest BCUT2D eigenvalue weighted by Crippen LogP contribution is 2.25. The maximum Gasteiger partial charge on any atom is 0.229 e. The molecule has 3 aromatic rings. The minimum Gasteiger partial charge on any atom is -0.378 e. The number of benzene rings is 2. The topological polar surface area (TPSA) is 44.3 Å². The average molecular weight is 359 g/mol. The van der Waals surface area contributed by atoms with E-state index in [-0.39, 0.29) is 0 Å². The van der Waals surface area contributed by atoms with Gasteiger partial charge in [0.25, 0.3) is 0 Å². The Morgan fingerprint density at radius 1 is 0.963 bits per heavy atom. The number of nitrogens with zero attached hydrogens (tertiary/aromatic N) is 4. The lowest BCUT2D eigenvalue weighted by molar-refractivity contribution is 0.719. The third kappa shape index (κ3) is 3.87. The van der Waals surface area contributed by atoms with Crippen LogP contribution in [-0.2, 0) is 13.0 Å². The van der Waals surface area contributed by atoms with Crippen LogP contribution in [0.15, 0.2) is 54.6 Å². The van der Waals surface area contributed by atoms with E-state index in [0.717, 1.165) is 36.7 Å². The monoisotopic (exact) mass is 359 g/mol. The van der Waals surface area contributed by atoms with E-state index >= 15 is 0 Å². The normalized spacial score (nSPS) is 13.2. The van der Waals surface area contributed by atoms with Gasteiger partial charge in [-0.1, -0.05) is 24.3 Å². The van der Waals surface area contributed by atoms with Gasteiger partial charge in [-0.05, 0) is 48.7 Å². The molecule has 0 atom stereocenters. The van der Waals surface area contributed by atoms with Crippen molar-refractivity contribution in [2.75, 3.05) is 35.8 Å². The molecular formula is C22H25N5. The number of aromatic nitrogens is 2. The van der Waals surface area contributed by atoms with E-state index in [1.807, 2.05) is 21.0 Å². The van der Waals surface area contributed by atoms with Crippen LogP contribution in [0.3, 0.4) is 0 Å². The van der Waals surface area contributed by atoms with Gasteiger partial charge in [0.1, 0.15) is 5.82 Å². The smallest absolute Gasteiger partial charge is 0.229 e. The minimum atomic E-state index is 0.640. The van der Waals surface area contributed by atoms with Crippen molar-refractivity contribution in [3.8, 4) is 0 Å². The van der Waals surface area contributed by atoms with Crippen molar-refractivity contribution in [2.24, 2.45) is 0 Å². The molecule has 0 amide bonds. The molecule has 0 saturated heterocycles. The van der Waals surface area contributed by atoms with Crippen molar-refractivity contribution in [2.45, 2.75) is 19.9 Å². The Morgan fingerprint density at radius 2 is 1.70 bits per heavy atom. The summed E-state index contributed by atoms with van der Waals surface area (Å²) in [5.74, 6) is 1.62. The largest absolute Gasteiger partial charge is 0.378 e. The zero-order chi connectivity index (χ0) is 18.8. The van der Waals surface area contributed by atoms with Crippen molar-refractivity contribution in [1.29, 1.82) is 0 Å². The number of hydrogen-bond donors (Lipinski definition) is 1. The van der Waals surface area contributed by atoms with E-state index in [0.29, 0.717) is 5.95 Å². The van der Waals surface area contributed by atoms with Gasteiger partial charge in [-0.15, -0.1) is 0 Å². The summed E-state index contributed by atoms with van der Waals surface area (Å²) in [6, 6.07) is 19.0. The molecule has 0 bridgehead atoms. The highest BCUT2D eigenvalue weighted by Gasteiger charge is 2.18. The standard InChI is InChI=1S/C22H25N5/c1-16-14-21(27-13-12-17-6-4-5-7-18(17)15-27)25-22(23-16)24-19-8-10-20(11-9-19)26(2)3/h4-11,14H,12-13,15H2,1-3H3,(H,23,24,25). The van der Waals surface area contributed by atoms with Gasteiger partial charge in [0.15, 0.2) is 0 Å². The summed E-state index contributed by atoms with van der Waals surface area (Å²) in [4.78, 5) is 13.8. The number of fused-ring (bicyclic) bond motifs is 1. The van der Waals surface area contributed by atoms with Crippen LogP contribution < -0.4 is 15.1 Å². The van der Waals surface area contributed by atoms with Crippen LogP contribution in [0.4, 0.5) is 23.1 Å². The second-order valence-corrected chi connectivity index (χ2v) is 7.20. The van der Waals surface area contributed by atoms with Crippen molar-refractivity contribution in [3.63, 3.8) is 0 Å². The van der Waals surface area contributed by atoms with E-state index in [9.17, 15) is 0 Å². The number of rotatable bonds is 4. The van der Waals surface area contributed by atoms with Crippen molar-refractivity contribution in [3.05, 3.63) is 71.4 Å². The minimum absolute atomic E-state index is 0.640. The highest BCUT2D eigenvalue weighted by atomic mass is 15.2. The molecule has 27 heavy (non-hydrogen) atoms. The van der Waals surface area contributed by atoms with Crippen LogP contribution in [0.5, 0.6) is 0 Å². The summed E-state index contributed by atoms with van der Waals surface area (Å²) < 4.78 is 0. The molecule has 5 heteroatoms. The number of anilines is 4. The summed E-state index contributed by atoms with van der Waals surface area (Å²) >= 11 is 0. The van der Waals surface area contributed by atoms with E-state index in [1.54, 1.807) is 0 Å². The van der Waals surface area contributed by atoms with Crippen LogP contribution in [0.1, 0.15) is 16.8 Å². The zero-order valence-electron chi connectivity index (χ0n) is 16.1. The quantitative estimate of drug-likeness (QED) is 0.758. The first-order chi connectivity index (χ1) is 13.1. The predicted molar refractivity (Wildman–Crippen MR) is 112 cm³/mol. The number of nitrogens with one attached hydrogen (secondary N) is 1. The highest BCUT2D eigenvalue weighted by molar-refractivity contribution is 5.60. The summed E-state index contributed by atoms with van der Waals surface area (Å²) in [5, 5.41) is 3.34. The molecule has 0 fully saturated rings. The summed E-state index contributed by atoms with van der Waals surface area (Å²) in [6.07, 6.45) is 1.05. The lowest BCUT2D eigenvalue weighted by Gasteiger charge is -2.30. The van der Waals surface area contributed by atoms with Crippen LogP contribution in [0, 0.1) is 6.92 Å². The molecule has 5 nitrogen and oxygen atoms in total. The molecule has 1 aliphatic rings. The first-order valence-electron chi connectivity index (χ1n) is 9.30. The fourth-order valence-corrected chi connectivity index (χ4v) is 3.43. The third-order valence-electron chi connectivity index (χ3n) is 4.94. The second-order valence-electron chi connectivity index (χ2n) is 7.20. The Labute approximate surface area is 160 Å². The van der Waals surface area contributed by atoms with E-state index in [4.69, 9.17) is 4.98 Å². The van der Waals surface area contributed by atoms with E-state index in [2.05, 4.69) is 74.7 Å². The fraction of sp³-hybridized carbons (Fsp3) is 0.273. The van der Waals surface area contributed by atoms with Crippen molar-refractivity contribution >= 4 is 23.1 Å². The summed E-state index contributed by atoms with van der Waals surface area (Å²) in [5.41, 5.74) is 5.94. The molecule has 2 heterocycles. The lowest BCUT2D eigenvalue weighted by Crippen LogP contribution is -2.31. The van der Waals surface area contributed by atoms with Gasteiger partial charge in [0.05, 0.1) is 0 Å². The van der Waals surface area contributed by atoms with Gasteiger partial charge in [0.2, 0.25) is 5.95 Å². The second kappa shape index (κ2) is 7.27. The Kier molecular flexibility index (Phi) is 4.67. The maximum absolute atomic E-state index is 4.78. The lowest BCUT2D eigenvalue weighted by atomic mass is 10.00. The first-order valence-corrected chi connectivity index (χ1v) is 9.30. The van der Waals surface area contributed by atoms with Crippen molar-refractivity contribution < 1.29 is 0 Å². The molecule has 1 aliphatic heterocycles. The summed E-state index contributed by atoms with van der Waals surface area (Å²) in [7, 11) is 4.07. The molecule has 0 spiro atoms. The van der Waals surface area contributed by atoms with Gasteiger partial charge in [-0.2, -0.15) is 4.98 Å². The van der Waals surface area contributed by atoms with E-state index in [1.165, 1.54) is 16.8 Å². The molecule has 138 valence electrons. The molecule has 1 N–H and O–H groups in total. The molecular weight excluding hydrogens is 334 g/mol. The Morgan fingerprint density at radius 3 is 2.44 bits per heavy atom. The van der Waals surface area contributed by atoms with Crippen LogP contribution in [0.25, 0.3) is 0 Å². The Hall–Kier alpha value is -3.08. The Bertz CT molecular complexity index is 934. The van der Waals surface area contributed by atoms with E-state index < -0.39 is 0 Å².